The number of amides is 1. The van der Waals surface area contributed by atoms with Crippen LogP contribution in [0.15, 0.2) is 66.9 Å². The third-order valence-corrected chi connectivity index (χ3v) is 3.41. The zero-order valence-corrected chi connectivity index (χ0v) is 13.4. The second kappa shape index (κ2) is 7.30. The van der Waals surface area contributed by atoms with Crippen molar-refractivity contribution in [3.8, 4) is 11.4 Å². The number of rotatable bonds is 5. The average Bonchev–Trinajstić information content (AvgIpc) is 3.09. The fraction of sp³-hybridized carbons (Fsp3) is 0.111. The predicted molar refractivity (Wildman–Crippen MR) is 89.1 cm³/mol. The Kier molecular flexibility index (Phi) is 4.92. The van der Waals surface area contributed by atoms with Crippen molar-refractivity contribution in [2.24, 2.45) is 0 Å². The molecule has 134 valence electrons. The first-order valence-electron chi connectivity index (χ1n) is 7.63. The van der Waals surface area contributed by atoms with Crippen LogP contribution >= 0.6 is 0 Å². The van der Waals surface area contributed by atoms with Gasteiger partial charge in [0.15, 0.2) is 12.4 Å². The maximum Gasteiger partial charge on any atom is 0.416 e. The molecule has 0 aliphatic carbocycles. The molecular formula is C18H14F3N3O2. The van der Waals surface area contributed by atoms with Gasteiger partial charge < -0.3 is 10.1 Å². The van der Waals surface area contributed by atoms with Crippen molar-refractivity contribution < 1.29 is 22.7 Å². The molecule has 2 aromatic carbocycles. The highest BCUT2D eigenvalue weighted by molar-refractivity contribution is 5.90. The van der Waals surface area contributed by atoms with Crippen LogP contribution in [0.5, 0.6) is 5.75 Å². The van der Waals surface area contributed by atoms with Gasteiger partial charge in [-0.1, -0.05) is 24.3 Å². The Balaban J connectivity index is 1.58. The molecule has 1 amide bonds. The number of hydrogen-bond donors (Lipinski definition) is 1. The Labute approximate surface area is 147 Å². The molecule has 0 unspecified atom stereocenters. The number of nitrogens with zero attached hydrogens (tertiary/aromatic N) is 2. The summed E-state index contributed by atoms with van der Waals surface area (Å²) in [6, 6.07) is 15.3. The van der Waals surface area contributed by atoms with Gasteiger partial charge in [0.1, 0.15) is 5.75 Å². The first-order chi connectivity index (χ1) is 12.4. The number of carbonyl (C=O) groups excluding carboxylic acids is 1. The number of para-hydroxylation sites is 1. The molecule has 1 aromatic heterocycles. The van der Waals surface area contributed by atoms with Gasteiger partial charge >= 0.3 is 6.18 Å². The number of hydrogen-bond acceptors (Lipinski definition) is 3. The van der Waals surface area contributed by atoms with Crippen molar-refractivity contribution in [2.45, 2.75) is 6.18 Å². The van der Waals surface area contributed by atoms with Crippen LogP contribution in [0.4, 0.5) is 19.0 Å². The molecular weight excluding hydrogens is 347 g/mol. The van der Waals surface area contributed by atoms with Crippen molar-refractivity contribution in [1.29, 1.82) is 0 Å². The second-order valence-corrected chi connectivity index (χ2v) is 5.34. The molecule has 0 radical (unpaired) electrons. The standard InChI is InChI=1S/C18H14F3N3O2/c19-18(20,21)13-5-4-8-15(11-13)26-12-17(25)22-16-9-10-24(23-16)14-6-2-1-3-7-14/h1-11H,12H2,(H,22,23,25). The second-order valence-electron chi connectivity index (χ2n) is 5.34. The van der Waals surface area contributed by atoms with Gasteiger partial charge in [0.2, 0.25) is 0 Å². The number of nitrogens with one attached hydrogen (secondary N) is 1. The summed E-state index contributed by atoms with van der Waals surface area (Å²) >= 11 is 0. The quantitative estimate of drug-likeness (QED) is 0.750. The Morgan fingerprint density at radius 1 is 1.08 bits per heavy atom. The van der Waals surface area contributed by atoms with Crippen LogP contribution in [0.1, 0.15) is 5.56 Å². The number of anilines is 1. The van der Waals surface area contributed by atoms with E-state index in [4.69, 9.17) is 4.74 Å². The summed E-state index contributed by atoms with van der Waals surface area (Å²) in [6.07, 6.45) is -2.79. The van der Waals surface area contributed by atoms with Crippen LogP contribution in [0.2, 0.25) is 0 Å². The number of halogens is 3. The van der Waals surface area contributed by atoms with Crippen molar-refractivity contribution in [3.63, 3.8) is 0 Å². The molecule has 0 aliphatic rings. The highest BCUT2D eigenvalue weighted by Crippen LogP contribution is 2.31. The fourth-order valence-electron chi connectivity index (χ4n) is 2.21. The normalized spacial score (nSPS) is 11.2. The smallest absolute Gasteiger partial charge is 0.416 e. The summed E-state index contributed by atoms with van der Waals surface area (Å²) in [6.45, 7) is -0.431. The molecule has 26 heavy (non-hydrogen) atoms. The lowest BCUT2D eigenvalue weighted by atomic mass is 10.2. The summed E-state index contributed by atoms with van der Waals surface area (Å²) in [4.78, 5) is 11.9. The lowest BCUT2D eigenvalue weighted by Gasteiger charge is -2.10. The summed E-state index contributed by atoms with van der Waals surface area (Å²) in [5.41, 5.74) is -0.00905. The van der Waals surface area contributed by atoms with Gasteiger partial charge in [0.05, 0.1) is 11.3 Å². The van der Waals surface area contributed by atoms with Crippen LogP contribution in [-0.4, -0.2) is 22.3 Å². The van der Waals surface area contributed by atoms with Gasteiger partial charge in [0.25, 0.3) is 5.91 Å². The fourth-order valence-corrected chi connectivity index (χ4v) is 2.21. The minimum atomic E-state index is -4.47. The van der Waals surface area contributed by atoms with Gasteiger partial charge in [0, 0.05) is 12.3 Å². The van der Waals surface area contributed by atoms with Crippen LogP contribution in [0.25, 0.3) is 5.69 Å². The van der Waals surface area contributed by atoms with Crippen LogP contribution < -0.4 is 10.1 Å². The third-order valence-electron chi connectivity index (χ3n) is 3.41. The summed E-state index contributed by atoms with van der Waals surface area (Å²) in [7, 11) is 0. The topological polar surface area (TPSA) is 56.1 Å². The molecule has 0 saturated carbocycles. The number of alkyl halides is 3. The lowest BCUT2D eigenvalue weighted by Crippen LogP contribution is -2.20. The van der Waals surface area contributed by atoms with Gasteiger partial charge in [-0.25, -0.2) is 4.68 Å². The lowest BCUT2D eigenvalue weighted by molar-refractivity contribution is -0.137. The molecule has 8 heteroatoms. The molecule has 1 heterocycles. The molecule has 0 spiro atoms. The summed E-state index contributed by atoms with van der Waals surface area (Å²) < 4.78 is 44.7. The monoisotopic (exact) mass is 361 g/mol. The van der Waals surface area contributed by atoms with Crippen LogP contribution in [-0.2, 0) is 11.0 Å². The molecule has 1 N–H and O–H groups in total. The van der Waals surface area contributed by atoms with E-state index in [0.717, 1.165) is 17.8 Å². The molecule has 0 bridgehead atoms. The predicted octanol–water partition coefficient (Wildman–Crippen LogP) is 3.91. The average molecular weight is 361 g/mol. The van der Waals surface area contributed by atoms with E-state index in [1.165, 1.54) is 12.1 Å². The van der Waals surface area contributed by atoms with Gasteiger partial charge in [-0.05, 0) is 30.3 Å². The molecule has 0 atom stereocenters. The minimum Gasteiger partial charge on any atom is -0.484 e. The Hall–Kier alpha value is -3.29. The molecule has 3 aromatic rings. The van der Waals surface area contributed by atoms with Crippen molar-refractivity contribution in [1.82, 2.24) is 9.78 Å². The largest absolute Gasteiger partial charge is 0.484 e. The summed E-state index contributed by atoms with van der Waals surface area (Å²) in [5.74, 6) is -0.253. The molecule has 5 nitrogen and oxygen atoms in total. The highest BCUT2D eigenvalue weighted by atomic mass is 19.4. The molecule has 0 aliphatic heterocycles. The Morgan fingerprint density at radius 2 is 1.85 bits per heavy atom. The minimum absolute atomic E-state index is 0.0372. The van der Waals surface area contributed by atoms with Crippen LogP contribution in [0, 0.1) is 0 Å². The third kappa shape index (κ3) is 4.41. The first kappa shape index (κ1) is 17.5. The summed E-state index contributed by atoms with van der Waals surface area (Å²) in [5, 5.41) is 6.73. The van der Waals surface area contributed by atoms with Crippen molar-refractivity contribution >= 4 is 11.7 Å². The Morgan fingerprint density at radius 3 is 2.58 bits per heavy atom. The van der Waals surface area contributed by atoms with E-state index in [9.17, 15) is 18.0 Å². The number of benzene rings is 2. The highest BCUT2D eigenvalue weighted by Gasteiger charge is 2.30. The van der Waals surface area contributed by atoms with Gasteiger partial charge in [-0.3, -0.25) is 4.79 Å². The number of ether oxygens (including phenoxy) is 1. The van der Waals surface area contributed by atoms with E-state index in [1.54, 1.807) is 16.9 Å². The maximum absolute atomic E-state index is 12.7. The van der Waals surface area contributed by atoms with Crippen molar-refractivity contribution in [2.75, 3.05) is 11.9 Å². The van der Waals surface area contributed by atoms with E-state index in [-0.39, 0.29) is 5.75 Å². The van der Waals surface area contributed by atoms with E-state index >= 15 is 0 Å². The molecule has 3 rings (SSSR count). The van der Waals surface area contributed by atoms with Crippen molar-refractivity contribution in [3.05, 3.63) is 72.4 Å². The van der Waals surface area contributed by atoms with E-state index in [2.05, 4.69) is 10.4 Å². The van der Waals surface area contributed by atoms with E-state index in [0.29, 0.717) is 5.82 Å². The van der Waals surface area contributed by atoms with E-state index < -0.39 is 24.3 Å². The number of aromatic nitrogens is 2. The van der Waals surface area contributed by atoms with E-state index in [1.807, 2.05) is 30.3 Å². The van der Waals surface area contributed by atoms with Gasteiger partial charge in [-0.2, -0.15) is 18.3 Å². The Bertz CT molecular complexity index is 892. The SMILES string of the molecule is O=C(COc1cccc(C(F)(F)F)c1)Nc1ccn(-c2ccccc2)n1. The molecule has 0 fully saturated rings. The van der Waals surface area contributed by atoms with Crippen LogP contribution in [0.3, 0.4) is 0 Å². The maximum atomic E-state index is 12.7. The molecule has 0 saturated heterocycles. The first-order valence-corrected chi connectivity index (χ1v) is 7.63. The zero-order valence-electron chi connectivity index (χ0n) is 13.4. The van der Waals surface area contributed by atoms with Gasteiger partial charge in [-0.15, -0.1) is 0 Å². The zero-order chi connectivity index (χ0) is 18.6. The number of carbonyl (C=O) groups is 1.